The number of hydrogen-bond donors (Lipinski definition) is 1. The number of tetrazole rings is 1. The van der Waals surface area contributed by atoms with Crippen LogP contribution in [0.5, 0.6) is 5.75 Å². The van der Waals surface area contributed by atoms with Gasteiger partial charge in [-0.15, -0.1) is 5.10 Å². The van der Waals surface area contributed by atoms with E-state index in [1.807, 2.05) is 12.1 Å². The topological polar surface area (TPSA) is 78.9 Å². The summed E-state index contributed by atoms with van der Waals surface area (Å²) >= 11 is 0. The van der Waals surface area contributed by atoms with Crippen molar-refractivity contribution in [3.8, 4) is 17.1 Å². The Hall–Kier alpha value is -2.11. The maximum Gasteiger partial charge on any atom is 0.185 e. The summed E-state index contributed by atoms with van der Waals surface area (Å²) in [6, 6.07) is 5.46. The summed E-state index contributed by atoms with van der Waals surface area (Å²) in [5.74, 6) is 1.39. The van der Waals surface area contributed by atoms with Crippen LogP contribution in [0.15, 0.2) is 18.2 Å². The lowest BCUT2D eigenvalue weighted by Gasteiger charge is -2.22. The molecule has 0 aliphatic carbocycles. The fourth-order valence-electron chi connectivity index (χ4n) is 1.92. The van der Waals surface area contributed by atoms with E-state index in [4.69, 9.17) is 10.5 Å². The Morgan fingerprint density at radius 3 is 2.75 bits per heavy atom. The van der Waals surface area contributed by atoms with Gasteiger partial charge in [0.25, 0.3) is 0 Å². The van der Waals surface area contributed by atoms with Crippen molar-refractivity contribution in [2.45, 2.75) is 33.7 Å². The average Bonchev–Trinajstić information content (AvgIpc) is 2.86. The molecule has 0 saturated heterocycles. The number of aromatic nitrogens is 4. The molecule has 1 aromatic heterocycles. The number of ether oxygens (including phenoxy) is 1. The van der Waals surface area contributed by atoms with Crippen LogP contribution in [0.25, 0.3) is 11.4 Å². The first-order valence-electron chi connectivity index (χ1n) is 6.67. The number of nitrogens with two attached hydrogens (primary N) is 1. The first-order valence-corrected chi connectivity index (χ1v) is 6.67. The van der Waals surface area contributed by atoms with E-state index in [1.165, 1.54) is 0 Å². The van der Waals surface area contributed by atoms with Gasteiger partial charge in [0.15, 0.2) is 5.82 Å². The summed E-state index contributed by atoms with van der Waals surface area (Å²) in [5.41, 5.74) is 7.45. The highest BCUT2D eigenvalue weighted by molar-refractivity contribution is 5.68. The third-order valence-corrected chi connectivity index (χ3v) is 3.53. The summed E-state index contributed by atoms with van der Waals surface area (Å²) in [5, 5.41) is 12.0. The van der Waals surface area contributed by atoms with Crippen molar-refractivity contribution >= 4 is 5.69 Å². The Kier molecular flexibility index (Phi) is 3.92. The molecule has 0 unspecified atom stereocenters. The monoisotopic (exact) mass is 275 g/mol. The first-order chi connectivity index (χ1) is 9.46. The van der Waals surface area contributed by atoms with E-state index < -0.39 is 0 Å². The van der Waals surface area contributed by atoms with Crippen molar-refractivity contribution in [1.29, 1.82) is 0 Å². The van der Waals surface area contributed by atoms with Gasteiger partial charge in [-0.05, 0) is 40.5 Å². The molecule has 108 valence electrons. The third-order valence-electron chi connectivity index (χ3n) is 3.53. The van der Waals surface area contributed by atoms with E-state index in [-0.39, 0.29) is 5.41 Å². The molecule has 0 bridgehead atoms. The van der Waals surface area contributed by atoms with Crippen molar-refractivity contribution in [1.82, 2.24) is 20.2 Å². The molecule has 1 heterocycles. The number of anilines is 1. The minimum Gasteiger partial charge on any atom is -0.496 e. The van der Waals surface area contributed by atoms with Gasteiger partial charge in [0, 0.05) is 5.69 Å². The molecule has 0 radical (unpaired) electrons. The minimum atomic E-state index is 0.123. The van der Waals surface area contributed by atoms with Gasteiger partial charge in [-0.25, -0.2) is 4.68 Å². The summed E-state index contributed by atoms with van der Waals surface area (Å²) in [7, 11) is 1.62. The van der Waals surface area contributed by atoms with Gasteiger partial charge in [0.05, 0.1) is 19.2 Å². The molecule has 2 rings (SSSR count). The summed E-state index contributed by atoms with van der Waals surface area (Å²) < 4.78 is 7.18. The Morgan fingerprint density at radius 2 is 2.10 bits per heavy atom. The van der Waals surface area contributed by atoms with Crippen molar-refractivity contribution in [2.75, 3.05) is 12.8 Å². The molecule has 0 fully saturated rings. The molecule has 20 heavy (non-hydrogen) atoms. The van der Waals surface area contributed by atoms with Crippen molar-refractivity contribution in [3.63, 3.8) is 0 Å². The third kappa shape index (κ3) is 2.89. The highest BCUT2D eigenvalue weighted by Crippen LogP contribution is 2.31. The van der Waals surface area contributed by atoms with E-state index in [0.717, 1.165) is 18.5 Å². The fraction of sp³-hybridized carbons (Fsp3) is 0.500. The largest absolute Gasteiger partial charge is 0.496 e. The number of nitrogens with zero attached hydrogens (tertiary/aromatic N) is 4. The van der Waals surface area contributed by atoms with Gasteiger partial charge in [-0.3, -0.25) is 0 Å². The van der Waals surface area contributed by atoms with Crippen LogP contribution in [0.2, 0.25) is 0 Å². The lowest BCUT2D eigenvalue weighted by molar-refractivity contribution is 0.279. The predicted octanol–water partition coefficient (Wildman–Crippen LogP) is 2.37. The van der Waals surface area contributed by atoms with Crippen molar-refractivity contribution in [3.05, 3.63) is 18.2 Å². The van der Waals surface area contributed by atoms with Gasteiger partial charge in [-0.1, -0.05) is 20.8 Å². The fourth-order valence-corrected chi connectivity index (χ4v) is 1.92. The van der Waals surface area contributed by atoms with Crippen LogP contribution in [0, 0.1) is 5.41 Å². The van der Waals surface area contributed by atoms with E-state index in [9.17, 15) is 0 Å². The second kappa shape index (κ2) is 5.48. The average molecular weight is 275 g/mol. The second-order valence-electron chi connectivity index (χ2n) is 5.64. The Labute approximate surface area is 118 Å². The maximum atomic E-state index is 5.86. The Bertz CT molecular complexity index is 591. The van der Waals surface area contributed by atoms with Crippen molar-refractivity contribution in [2.24, 2.45) is 5.41 Å². The number of rotatable bonds is 5. The van der Waals surface area contributed by atoms with E-state index >= 15 is 0 Å². The van der Waals surface area contributed by atoms with Gasteiger partial charge < -0.3 is 10.5 Å². The Balaban J connectivity index is 2.44. The maximum absolute atomic E-state index is 5.86. The van der Waals surface area contributed by atoms with Crippen LogP contribution in [0.4, 0.5) is 5.69 Å². The predicted molar refractivity (Wildman–Crippen MR) is 78.3 cm³/mol. The summed E-state index contributed by atoms with van der Waals surface area (Å²) in [6.45, 7) is 7.28. The zero-order valence-corrected chi connectivity index (χ0v) is 12.4. The molecule has 0 atom stereocenters. The molecule has 2 N–H and O–H groups in total. The summed E-state index contributed by atoms with van der Waals surface area (Å²) in [6.07, 6.45) is 1.04. The van der Waals surface area contributed by atoms with Crippen molar-refractivity contribution < 1.29 is 4.74 Å². The molecule has 6 heteroatoms. The SMILES string of the molecule is CCC(C)(C)Cn1nnnc1-c1cc(N)ccc1OC. The highest BCUT2D eigenvalue weighted by atomic mass is 16.5. The van der Waals surface area contributed by atoms with Gasteiger partial charge in [0.2, 0.25) is 0 Å². The lowest BCUT2D eigenvalue weighted by Crippen LogP contribution is -2.20. The number of nitrogen functional groups attached to an aromatic ring is 1. The molecular formula is C14H21N5O. The molecule has 0 spiro atoms. The zero-order valence-electron chi connectivity index (χ0n) is 12.4. The van der Waals surface area contributed by atoms with Crippen LogP contribution < -0.4 is 10.5 Å². The molecule has 0 aliphatic heterocycles. The zero-order chi connectivity index (χ0) is 14.8. The van der Waals surface area contributed by atoms with Gasteiger partial charge in [-0.2, -0.15) is 0 Å². The molecular weight excluding hydrogens is 254 g/mol. The van der Waals surface area contributed by atoms with Gasteiger partial charge in [0.1, 0.15) is 5.75 Å². The molecule has 0 aliphatic rings. The molecule has 2 aromatic rings. The van der Waals surface area contributed by atoms with E-state index in [2.05, 4.69) is 36.3 Å². The van der Waals surface area contributed by atoms with E-state index in [0.29, 0.717) is 17.3 Å². The first kappa shape index (κ1) is 14.3. The van der Waals surface area contributed by atoms with Crippen LogP contribution in [-0.2, 0) is 6.54 Å². The second-order valence-corrected chi connectivity index (χ2v) is 5.64. The van der Waals surface area contributed by atoms with Crippen LogP contribution >= 0.6 is 0 Å². The highest BCUT2D eigenvalue weighted by Gasteiger charge is 2.21. The van der Waals surface area contributed by atoms with Crippen LogP contribution in [0.1, 0.15) is 27.2 Å². The lowest BCUT2D eigenvalue weighted by atomic mass is 9.90. The standard InChI is InChI=1S/C14H21N5O/c1-5-14(2,3)9-19-13(16-17-18-19)11-8-10(15)6-7-12(11)20-4/h6-8H,5,9,15H2,1-4H3. The molecule has 0 saturated carbocycles. The van der Waals surface area contributed by atoms with E-state index in [1.54, 1.807) is 17.9 Å². The van der Waals surface area contributed by atoms with Crippen LogP contribution in [-0.4, -0.2) is 27.3 Å². The van der Waals surface area contributed by atoms with Gasteiger partial charge >= 0.3 is 0 Å². The number of hydrogen-bond acceptors (Lipinski definition) is 5. The minimum absolute atomic E-state index is 0.123. The molecule has 0 amide bonds. The summed E-state index contributed by atoms with van der Waals surface area (Å²) in [4.78, 5) is 0. The Morgan fingerprint density at radius 1 is 1.35 bits per heavy atom. The quantitative estimate of drug-likeness (QED) is 0.847. The molecule has 6 nitrogen and oxygen atoms in total. The number of benzene rings is 1. The smallest absolute Gasteiger partial charge is 0.185 e. The normalized spacial score (nSPS) is 11.6. The van der Waals surface area contributed by atoms with Crippen LogP contribution in [0.3, 0.4) is 0 Å². The molecule has 1 aromatic carbocycles. The number of methoxy groups -OCH3 is 1.